The van der Waals surface area contributed by atoms with E-state index >= 15 is 0 Å². The molecule has 0 spiro atoms. The minimum Gasteiger partial charge on any atom is -0.364 e. The Morgan fingerprint density at radius 2 is 1.43 bits per heavy atom. The summed E-state index contributed by atoms with van der Waals surface area (Å²) < 4.78 is 0. The van der Waals surface area contributed by atoms with E-state index in [2.05, 4.69) is 9.97 Å². The maximum Gasteiger partial charge on any atom is 0.268 e. The topological polar surface area (TPSA) is 68.9 Å². The lowest BCUT2D eigenvalue weighted by Crippen LogP contribution is -2.15. The highest BCUT2D eigenvalue weighted by molar-refractivity contribution is 5.98. The molecule has 0 fully saturated rings. The van der Waals surface area contributed by atoms with Gasteiger partial charge < -0.3 is 5.73 Å². The summed E-state index contributed by atoms with van der Waals surface area (Å²) in [5, 5.41) is 0. The van der Waals surface area contributed by atoms with Crippen molar-refractivity contribution in [1.82, 2.24) is 9.97 Å². The van der Waals surface area contributed by atoms with E-state index in [1.54, 1.807) is 6.20 Å². The molecular formula is C17H13N3O. The molecule has 0 aliphatic rings. The highest BCUT2D eigenvalue weighted by Gasteiger charge is 2.14. The van der Waals surface area contributed by atoms with Gasteiger partial charge in [-0.3, -0.25) is 4.79 Å². The van der Waals surface area contributed by atoms with Crippen LogP contribution in [0.3, 0.4) is 0 Å². The van der Waals surface area contributed by atoms with Crippen LogP contribution in [0.5, 0.6) is 0 Å². The fourth-order valence-corrected chi connectivity index (χ4v) is 2.12. The zero-order valence-electron chi connectivity index (χ0n) is 11.2. The van der Waals surface area contributed by atoms with E-state index in [0.717, 1.165) is 11.1 Å². The molecule has 0 aliphatic heterocycles. The van der Waals surface area contributed by atoms with Gasteiger partial charge in [0, 0.05) is 17.3 Å². The van der Waals surface area contributed by atoms with Crippen molar-refractivity contribution in [2.24, 2.45) is 5.73 Å². The summed E-state index contributed by atoms with van der Waals surface area (Å²) in [6, 6.07) is 19.0. The number of benzene rings is 2. The SMILES string of the molecule is NC(=O)c1nc(-c2ccccc2)ncc1-c1ccccc1. The number of hydrogen-bond acceptors (Lipinski definition) is 3. The minimum atomic E-state index is -0.562. The van der Waals surface area contributed by atoms with Crippen molar-refractivity contribution in [2.75, 3.05) is 0 Å². The lowest BCUT2D eigenvalue weighted by Gasteiger charge is -2.08. The average Bonchev–Trinajstić information content (AvgIpc) is 2.56. The van der Waals surface area contributed by atoms with Crippen molar-refractivity contribution in [3.63, 3.8) is 0 Å². The Balaban J connectivity index is 2.14. The Morgan fingerprint density at radius 1 is 0.857 bits per heavy atom. The van der Waals surface area contributed by atoms with Crippen molar-refractivity contribution in [1.29, 1.82) is 0 Å². The van der Waals surface area contributed by atoms with Gasteiger partial charge in [-0.2, -0.15) is 0 Å². The molecule has 3 aromatic rings. The van der Waals surface area contributed by atoms with E-state index in [1.165, 1.54) is 0 Å². The third-order valence-electron chi connectivity index (χ3n) is 3.14. The molecule has 0 saturated carbocycles. The van der Waals surface area contributed by atoms with Crippen LogP contribution in [0.4, 0.5) is 0 Å². The zero-order chi connectivity index (χ0) is 14.7. The van der Waals surface area contributed by atoms with Crippen molar-refractivity contribution in [3.8, 4) is 22.5 Å². The standard InChI is InChI=1S/C17H13N3O/c18-16(21)15-14(12-7-3-1-4-8-12)11-19-17(20-15)13-9-5-2-6-10-13/h1-11H,(H2,18,21). The zero-order valence-corrected chi connectivity index (χ0v) is 11.2. The second-order valence-electron chi connectivity index (χ2n) is 4.55. The van der Waals surface area contributed by atoms with Crippen molar-refractivity contribution in [2.45, 2.75) is 0 Å². The number of amides is 1. The van der Waals surface area contributed by atoms with Crippen LogP contribution in [0, 0.1) is 0 Å². The molecule has 1 aromatic heterocycles. The predicted octanol–water partition coefficient (Wildman–Crippen LogP) is 2.91. The first kappa shape index (κ1) is 13.0. The molecule has 4 heteroatoms. The summed E-state index contributed by atoms with van der Waals surface area (Å²) in [6.45, 7) is 0. The van der Waals surface area contributed by atoms with Gasteiger partial charge in [0.2, 0.25) is 0 Å². The van der Waals surface area contributed by atoms with Crippen LogP contribution >= 0.6 is 0 Å². The van der Waals surface area contributed by atoms with Gasteiger partial charge in [-0.05, 0) is 5.56 Å². The van der Waals surface area contributed by atoms with E-state index in [9.17, 15) is 4.79 Å². The highest BCUT2D eigenvalue weighted by Crippen LogP contribution is 2.24. The van der Waals surface area contributed by atoms with Gasteiger partial charge in [-0.15, -0.1) is 0 Å². The van der Waals surface area contributed by atoms with E-state index in [1.807, 2.05) is 60.7 Å². The first-order chi connectivity index (χ1) is 10.3. The lowest BCUT2D eigenvalue weighted by atomic mass is 10.1. The Kier molecular flexibility index (Phi) is 3.43. The van der Waals surface area contributed by atoms with E-state index < -0.39 is 5.91 Å². The normalized spacial score (nSPS) is 10.3. The first-order valence-corrected chi connectivity index (χ1v) is 6.53. The maximum absolute atomic E-state index is 11.7. The van der Waals surface area contributed by atoms with Crippen molar-refractivity contribution in [3.05, 3.63) is 72.6 Å². The molecule has 0 unspecified atom stereocenters. The summed E-state index contributed by atoms with van der Waals surface area (Å²) in [7, 11) is 0. The minimum absolute atomic E-state index is 0.232. The molecule has 0 radical (unpaired) electrons. The molecule has 2 aromatic carbocycles. The number of carbonyl (C=O) groups is 1. The van der Waals surface area contributed by atoms with Crippen LogP contribution in [-0.4, -0.2) is 15.9 Å². The summed E-state index contributed by atoms with van der Waals surface area (Å²) in [6.07, 6.45) is 1.64. The average molecular weight is 275 g/mol. The van der Waals surface area contributed by atoms with Gasteiger partial charge in [0.15, 0.2) is 5.82 Å². The van der Waals surface area contributed by atoms with Gasteiger partial charge in [0.1, 0.15) is 5.69 Å². The number of nitrogens with two attached hydrogens (primary N) is 1. The Morgan fingerprint density at radius 3 is 2.00 bits per heavy atom. The van der Waals surface area contributed by atoms with Crippen LogP contribution in [0.2, 0.25) is 0 Å². The largest absolute Gasteiger partial charge is 0.364 e. The molecular weight excluding hydrogens is 262 g/mol. The molecule has 0 bridgehead atoms. The van der Waals surface area contributed by atoms with Crippen LogP contribution in [-0.2, 0) is 0 Å². The van der Waals surface area contributed by atoms with E-state index in [4.69, 9.17) is 5.73 Å². The number of aromatic nitrogens is 2. The summed E-state index contributed by atoms with van der Waals surface area (Å²) in [4.78, 5) is 20.4. The molecule has 1 amide bonds. The monoisotopic (exact) mass is 275 g/mol. The Bertz CT molecular complexity index is 771. The number of primary amides is 1. The van der Waals surface area contributed by atoms with Crippen molar-refractivity contribution >= 4 is 5.91 Å². The number of rotatable bonds is 3. The van der Waals surface area contributed by atoms with E-state index in [0.29, 0.717) is 11.4 Å². The van der Waals surface area contributed by atoms with Gasteiger partial charge in [-0.25, -0.2) is 9.97 Å². The van der Waals surface area contributed by atoms with Gasteiger partial charge in [0.25, 0.3) is 5.91 Å². The molecule has 0 aliphatic carbocycles. The summed E-state index contributed by atoms with van der Waals surface area (Å²) >= 11 is 0. The van der Waals surface area contributed by atoms with Crippen LogP contribution in [0.1, 0.15) is 10.5 Å². The fraction of sp³-hybridized carbons (Fsp3) is 0. The molecule has 3 rings (SSSR count). The number of nitrogens with zero attached hydrogens (tertiary/aromatic N) is 2. The third-order valence-corrected chi connectivity index (χ3v) is 3.14. The smallest absolute Gasteiger partial charge is 0.268 e. The van der Waals surface area contributed by atoms with Gasteiger partial charge in [0.05, 0.1) is 0 Å². The molecule has 0 saturated heterocycles. The fourth-order valence-electron chi connectivity index (χ4n) is 2.12. The maximum atomic E-state index is 11.7. The molecule has 21 heavy (non-hydrogen) atoms. The van der Waals surface area contributed by atoms with Crippen LogP contribution < -0.4 is 5.73 Å². The second kappa shape index (κ2) is 5.54. The number of carbonyl (C=O) groups excluding carboxylic acids is 1. The Labute approximate surface area is 122 Å². The second-order valence-corrected chi connectivity index (χ2v) is 4.55. The van der Waals surface area contributed by atoms with Crippen molar-refractivity contribution < 1.29 is 4.79 Å². The summed E-state index contributed by atoms with van der Waals surface area (Å²) in [5.41, 5.74) is 8.06. The third kappa shape index (κ3) is 2.65. The molecule has 0 atom stereocenters. The molecule has 4 nitrogen and oxygen atoms in total. The highest BCUT2D eigenvalue weighted by atomic mass is 16.1. The molecule has 102 valence electrons. The summed E-state index contributed by atoms with van der Waals surface area (Å²) in [5.74, 6) is -0.0717. The van der Waals surface area contributed by atoms with Gasteiger partial charge >= 0.3 is 0 Å². The lowest BCUT2D eigenvalue weighted by molar-refractivity contribution is 0.0996. The van der Waals surface area contributed by atoms with Crippen LogP contribution in [0.15, 0.2) is 66.9 Å². The molecule has 2 N–H and O–H groups in total. The quantitative estimate of drug-likeness (QED) is 0.799. The first-order valence-electron chi connectivity index (χ1n) is 6.53. The van der Waals surface area contributed by atoms with Crippen LogP contribution in [0.25, 0.3) is 22.5 Å². The Hall–Kier alpha value is -3.01. The number of hydrogen-bond donors (Lipinski definition) is 1. The predicted molar refractivity (Wildman–Crippen MR) is 81.4 cm³/mol. The van der Waals surface area contributed by atoms with Gasteiger partial charge in [-0.1, -0.05) is 60.7 Å². The molecule has 1 heterocycles. The van der Waals surface area contributed by atoms with E-state index in [-0.39, 0.29) is 5.69 Å².